The number of anilines is 1. The van der Waals surface area contributed by atoms with Crippen LogP contribution in [0.5, 0.6) is 0 Å². The second kappa shape index (κ2) is 10.6. The third-order valence-electron chi connectivity index (χ3n) is 8.88. The number of aryl methyl sites for hydroxylation is 1. The maximum Gasteiger partial charge on any atom is 0.253 e. The smallest absolute Gasteiger partial charge is 0.253 e. The summed E-state index contributed by atoms with van der Waals surface area (Å²) >= 11 is 6.63. The molecule has 0 bridgehead atoms. The zero-order chi connectivity index (χ0) is 29.0. The van der Waals surface area contributed by atoms with Crippen molar-refractivity contribution in [2.45, 2.75) is 70.7 Å². The minimum absolute atomic E-state index is 0.140. The Hall–Kier alpha value is -2.68. The van der Waals surface area contributed by atoms with E-state index < -0.39 is 35.1 Å². The molecule has 216 valence electrons. The van der Waals surface area contributed by atoms with Gasteiger partial charge in [0.05, 0.1) is 40.8 Å². The van der Waals surface area contributed by atoms with Gasteiger partial charge < -0.3 is 24.5 Å². The monoisotopic (exact) mass is 569 g/mol. The summed E-state index contributed by atoms with van der Waals surface area (Å²) in [4.78, 5) is 48.3. The molecule has 5 rings (SSSR count). The number of benzene rings is 1. The fourth-order valence-electron chi connectivity index (χ4n) is 7.36. The number of fused-ring (bicyclic) bond motifs is 2. The summed E-state index contributed by atoms with van der Waals surface area (Å²) in [5.74, 6) is -2.35. The van der Waals surface area contributed by atoms with Gasteiger partial charge in [-0.1, -0.05) is 68.8 Å². The SMILES string of the molecule is CCCN1CC=C[C@]2(C)O[C@]34C=CCN(c5c(C)cccc5Cl)C(=O)C3N([C@@H](CO)CC(C)C)C(=O)[C@@H]4[C@@H]2C1=O. The Labute approximate surface area is 241 Å². The second-order valence-electron chi connectivity index (χ2n) is 12.2. The third kappa shape index (κ3) is 4.30. The highest BCUT2D eigenvalue weighted by Crippen LogP contribution is 2.58. The van der Waals surface area contributed by atoms with Crippen molar-refractivity contribution in [1.29, 1.82) is 0 Å². The first-order valence-corrected chi connectivity index (χ1v) is 14.7. The zero-order valence-electron chi connectivity index (χ0n) is 24.0. The molecular weight excluding hydrogens is 530 g/mol. The largest absolute Gasteiger partial charge is 0.394 e. The fraction of sp³-hybridized carbons (Fsp3) is 0.581. The van der Waals surface area contributed by atoms with E-state index in [0.717, 1.165) is 12.0 Å². The molecule has 0 aromatic heterocycles. The molecule has 2 saturated heterocycles. The number of amides is 3. The van der Waals surface area contributed by atoms with E-state index >= 15 is 0 Å². The normalized spacial score (nSPS) is 32.4. The predicted octanol–water partition coefficient (Wildman–Crippen LogP) is 3.74. The van der Waals surface area contributed by atoms with Crippen LogP contribution in [-0.2, 0) is 19.1 Å². The van der Waals surface area contributed by atoms with Gasteiger partial charge in [-0.25, -0.2) is 0 Å². The molecule has 0 aliphatic carbocycles. The van der Waals surface area contributed by atoms with Gasteiger partial charge in [-0.2, -0.15) is 0 Å². The Bertz CT molecular complexity index is 1240. The molecule has 4 aliphatic rings. The average Bonchev–Trinajstić information content (AvgIpc) is 3.17. The van der Waals surface area contributed by atoms with E-state index in [1.165, 1.54) is 4.90 Å². The van der Waals surface area contributed by atoms with Crippen molar-refractivity contribution in [2.24, 2.45) is 17.8 Å². The number of carbonyl (C=O) groups is 3. The van der Waals surface area contributed by atoms with Crippen molar-refractivity contribution in [3.05, 3.63) is 53.1 Å². The summed E-state index contributed by atoms with van der Waals surface area (Å²) in [6.07, 6.45) is 8.80. The van der Waals surface area contributed by atoms with Gasteiger partial charge in [0, 0.05) is 19.6 Å². The number of carbonyl (C=O) groups excluding carboxylic acids is 3. The van der Waals surface area contributed by atoms with Crippen molar-refractivity contribution < 1.29 is 24.2 Å². The van der Waals surface area contributed by atoms with E-state index in [9.17, 15) is 19.5 Å². The summed E-state index contributed by atoms with van der Waals surface area (Å²) in [6.45, 7) is 10.7. The molecule has 2 fully saturated rings. The number of aliphatic hydroxyl groups excluding tert-OH is 1. The van der Waals surface area contributed by atoms with Crippen LogP contribution in [0.15, 0.2) is 42.5 Å². The van der Waals surface area contributed by atoms with Gasteiger partial charge in [-0.15, -0.1) is 0 Å². The maximum atomic E-state index is 14.7. The van der Waals surface area contributed by atoms with Gasteiger partial charge in [0.1, 0.15) is 11.6 Å². The number of likely N-dealkylation sites (tertiary alicyclic amines) is 1. The molecule has 4 aliphatic heterocycles. The van der Waals surface area contributed by atoms with Crippen LogP contribution >= 0.6 is 11.6 Å². The highest BCUT2D eigenvalue weighted by atomic mass is 35.5. The first kappa shape index (κ1) is 28.8. The molecular formula is C31H40ClN3O5. The van der Waals surface area contributed by atoms with Gasteiger partial charge in [-0.3, -0.25) is 14.4 Å². The van der Waals surface area contributed by atoms with Gasteiger partial charge in [0.2, 0.25) is 11.8 Å². The molecule has 6 atom stereocenters. The first-order valence-electron chi connectivity index (χ1n) is 14.3. The molecule has 9 heteroatoms. The molecule has 8 nitrogen and oxygen atoms in total. The van der Waals surface area contributed by atoms with Crippen molar-refractivity contribution in [3.8, 4) is 0 Å². The van der Waals surface area contributed by atoms with E-state index in [4.69, 9.17) is 16.3 Å². The summed E-state index contributed by atoms with van der Waals surface area (Å²) in [5, 5.41) is 11.0. The van der Waals surface area contributed by atoms with Gasteiger partial charge in [0.15, 0.2) is 0 Å². The second-order valence-corrected chi connectivity index (χ2v) is 12.6. The number of aliphatic hydroxyl groups is 1. The molecule has 1 spiro atoms. The molecule has 40 heavy (non-hydrogen) atoms. The lowest BCUT2D eigenvalue weighted by molar-refractivity contribution is -0.151. The number of hydrogen-bond donors (Lipinski definition) is 1. The van der Waals surface area contributed by atoms with Crippen LogP contribution in [-0.4, -0.2) is 82.2 Å². The molecule has 3 amide bonds. The van der Waals surface area contributed by atoms with E-state index in [2.05, 4.69) is 0 Å². The Kier molecular flexibility index (Phi) is 7.66. The maximum absolute atomic E-state index is 14.7. The molecule has 1 unspecified atom stereocenters. The molecule has 4 heterocycles. The summed E-state index contributed by atoms with van der Waals surface area (Å²) in [7, 11) is 0. The predicted molar refractivity (Wildman–Crippen MR) is 154 cm³/mol. The fourth-order valence-corrected chi connectivity index (χ4v) is 7.69. The lowest BCUT2D eigenvalue weighted by Gasteiger charge is -2.40. The third-order valence-corrected chi connectivity index (χ3v) is 9.18. The van der Waals surface area contributed by atoms with Crippen LogP contribution in [0.4, 0.5) is 5.69 Å². The number of nitrogens with zero attached hydrogens (tertiary/aromatic N) is 3. The van der Waals surface area contributed by atoms with Crippen molar-refractivity contribution in [2.75, 3.05) is 31.1 Å². The molecule has 0 saturated carbocycles. The van der Waals surface area contributed by atoms with Crippen molar-refractivity contribution in [3.63, 3.8) is 0 Å². The highest BCUT2D eigenvalue weighted by molar-refractivity contribution is 6.34. The Morgan fingerprint density at radius 1 is 1.07 bits per heavy atom. The minimum atomic E-state index is -1.38. The van der Waals surface area contributed by atoms with Crippen molar-refractivity contribution >= 4 is 35.0 Å². The number of halogens is 1. The Morgan fingerprint density at radius 2 is 1.80 bits per heavy atom. The average molecular weight is 570 g/mol. The lowest BCUT2D eigenvalue weighted by atomic mass is 9.74. The van der Waals surface area contributed by atoms with Gasteiger partial charge in [-0.05, 0) is 44.2 Å². The van der Waals surface area contributed by atoms with E-state index in [0.29, 0.717) is 30.2 Å². The van der Waals surface area contributed by atoms with E-state index in [1.807, 2.05) is 71.1 Å². The summed E-state index contributed by atoms with van der Waals surface area (Å²) in [6, 6.07) is 3.79. The Balaban J connectivity index is 1.69. The summed E-state index contributed by atoms with van der Waals surface area (Å²) < 4.78 is 6.89. The van der Waals surface area contributed by atoms with Crippen LogP contribution in [0.3, 0.4) is 0 Å². The van der Waals surface area contributed by atoms with Crippen LogP contribution in [0.25, 0.3) is 0 Å². The highest BCUT2D eigenvalue weighted by Gasteiger charge is 2.75. The number of para-hydroxylation sites is 1. The Morgan fingerprint density at radius 3 is 2.45 bits per heavy atom. The van der Waals surface area contributed by atoms with Gasteiger partial charge in [0.25, 0.3) is 5.91 Å². The molecule has 0 radical (unpaired) electrons. The zero-order valence-corrected chi connectivity index (χ0v) is 24.7. The summed E-state index contributed by atoms with van der Waals surface area (Å²) in [5.41, 5.74) is -1.04. The number of rotatable bonds is 7. The standard InChI is InChI=1S/C31H40ClN3O5/c1-6-14-33-15-8-12-30(5)23(27(33)37)24-28(38)35(21(18-36)17-19(2)3)26-29(39)34(16-9-13-31(24,26)40-30)25-20(4)10-7-11-22(25)32/h7-13,19,21,23-24,26,36H,6,14-18H2,1-5H3/t21-,23-,24+,26?,30+,31+/m1/s1. The van der Waals surface area contributed by atoms with Crippen LogP contribution < -0.4 is 4.90 Å². The first-order chi connectivity index (χ1) is 19.0. The van der Waals surface area contributed by atoms with Crippen LogP contribution in [0, 0.1) is 24.7 Å². The van der Waals surface area contributed by atoms with Crippen molar-refractivity contribution in [1.82, 2.24) is 9.80 Å². The van der Waals surface area contributed by atoms with E-state index in [1.54, 1.807) is 15.9 Å². The quantitative estimate of drug-likeness (QED) is 0.505. The molecule has 1 N–H and O–H groups in total. The number of hydrogen-bond acceptors (Lipinski definition) is 5. The van der Waals surface area contributed by atoms with E-state index in [-0.39, 0.29) is 36.8 Å². The number of ether oxygens (including phenoxy) is 1. The molecule has 1 aromatic rings. The lowest BCUT2D eigenvalue weighted by Crippen LogP contribution is -2.59. The van der Waals surface area contributed by atoms with Crippen LogP contribution in [0.2, 0.25) is 5.02 Å². The minimum Gasteiger partial charge on any atom is -0.394 e. The topological polar surface area (TPSA) is 90.4 Å². The molecule has 1 aromatic carbocycles. The van der Waals surface area contributed by atoms with Crippen LogP contribution in [0.1, 0.15) is 46.1 Å². The van der Waals surface area contributed by atoms with Gasteiger partial charge >= 0.3 is 0 Å².